The van der Waals surface area contributed by atoms with Crippen LogP contribution in [0.15, 0.2) is 42.5 Å². The number of carbonyl (C=O) groups is 2. The summed E-state index contributed by atoms with van der Waals surface area (Å²) in [5, 5.41) is 9.18. The summed E-state index contributed by atoms with van der Waals surface area (Å²) in [5.41, 5.74) is 2.00. The molecule has 1 heterocycles. The van der Waals surface area contributed by atoms with E-state index in [-0.39, 0.29) is 23.7 Å². The molecule has 0 aliphatic carbocycles. The SMILES string of the molecule is O=C(O)c1cccc2c1C(=O)CN(Cc1ccc(F)cc1)C2. The predicted molar refractivity (Wildman–Crippen MR) is 78.2 cm³/mol. The lowest BCUT2D eigenvalue weighted by molar-refractivity contribution is 0.0687. The van der Waals surface area contributed by atoms with Crippen LogP contribution >= 0.6 is 0 Å². The zero-order valence-electron chi connectivity index (χ0n) is 11.8. The molecule has 2 aromatic rings. The molecule has 0 saturated heterocycles. The smallest absolute Gasteiger partial charge is 0.336 e. The minimum Gasteiger partial charge on any atom is -0.478 e. The van der Waals surface area contributed by atoms with Gasteiger partial charge in [-0.2, -0.15) is 0 Å². The Balaban J connectivity index is 1.85. The number of nitrogens with zero attached hydrogens (tertiary/aromatic N) is 1. The highest BCUT2D eigenvalue weighted by Gasteiger charge is 2.27. The van der Waals surface area contributed by atoms with E-state index >= 15 is 0 Å². The number of carbonyl (C=O) groups excluding carboxylic acids is 1. The van der Waals surface area contributed by atoms with E-state index in [1.54, 1.807) is 24.3 Å². The van der Waals surface area contributed by atoms with Gasteiger partial charge in [-0.15, -0.1) is 0 Å². The van der Waals surface area contributed by atoms with Crippen LogP contribution in [0.3, 0.4) is 0 Å². The molecule has 0 fully saturated rings. The average Bonchev–Trinajstić information content (AvgIpc) is 2.49. The van der Waals surface area contributed by atoms with Crippen molar-refractivity contribution in [3.63, 3.8) is 0 Å². The van der Waals surface area contributed by atoms with E-state index < -0.39 is 5.97 Å². The highest BCUT2D eigenvalue weighted by Crippen LogP contribution is 2.24. The molecule has 0 radical (unpaired) electrons. The maximum absolute atomic E-state index is 12.9. The molecule has 0 atom stereocenters. The van der Waals surface area contributed by atoms with Crippen LogP contribution in [0.2, 0.25) is 0 Å². The maximum atomic E-state index is 12.9. The van der Waals surface area contributed by atoms with Crippen molar-refractivity contribution in [2.45, 2.75) is 13.1 Å². The zero-order valence-corrected chi connectivity index (χ0v) is 11.8. The van der Waals surface area contributed by atoms with Gasteiger partial charge in [0.05, 0.1) is 12.1 Å². The molecule has 0 aromatic heterocycles. The number of carboxylic acid groups (broad SMARTS) is 1. The largest absolute Gasteiger partial charge is 0.478 e. The maximum Gasteiger partial charge on any atom is 0.336 e. The van der Waals surface area contributed by atoms with Gasteiger partial charge in [0.25, 0.3) is 0 Å². The van der Waals surface area contributed by atoms with E-state index in [0.717, 1.165) is 11.1 Å². The number of rotatable bonds is 3. The summed E-state index contributed by atoms with van der Waals surface area (Å²) in [6.07, 6.45) is 0. The number of ketones is 1. The third-order valence-corrected chi connectivity index (χ3v) is 3.74. The second-order valence-electron chi connectivity index (χ2n) is 5.34. The summed E-state index contributed by atoms with van der Waals surface area (Å²) in [6.45, 7) is 1.18. The molecule has 1 N–H and O–H groups in total. The second-order valence-corrected chi connectivity index (χ2v) is 5.34. The minimum atomic E-state index is -1.09. The third-order valence-electron chi connectivity index (χ3n) is 3.74. The standard InChI is InChI=1S/C17H14FNO3/c18-13-6-4-11(5-7-13)8-19-9-12-2-1-3-14(17(21)22)16(12)15(20)10-19/h1-7H,8-10H2,(H,21,22). The van der Waals surface area contributed by atoms with Crippen LogP contribution in [0.5, 0.6) is 0 Å². The molecule has 22 heavy (non-hydrogen) atoms. The zero-order chi connectivity index (χ0) is 15.7. The van der Waals surface area contributed by atoms with Gasteiger partial charge in [-0.25, -0.2) is 9.18 Å². The van der Waals surface area contributed by atoms with Crippen LogP contribution in [0, 0.1) is 5.82 Å². The van der Waals surface area contributed by atoms with Crippen LogP contribution in [0.4, 0.5) is 4.39 Å². The molecule has 0 saturated carbocycles. The minimum absolute atomic E-state index is 0.0592. The fourth-order valence-corrected chi connectivity index (χ4v) is 2.78. The molecule has 0 amide bonds. The number of hydrogen-bond acceptors (Lipinski definition) is 3. The number of hydrogen-bond donors (Lipinski definition) is 1. The lowest BCUT2D eigenvalue weighted by Crippen LogP contribution is -2.35. The van der Waals surface area contributed by atoms with E-state index in [4.69, 9.17) is 0 Å². The molecule has 3 rings (SSSR count). The monoisotopic (exact) mass is 299 g/mol. The van der Waals surface area contributed by atoms with E-state index in [0.29, 0.717) is 18.7 Å². The molecule has 1 aliphatic rings. The van der Waals surface area contributed by atoms with E-state index in [1.165, 1.54) is 18.2 Å². The van der Waals surface area contributed by atoms with Crippen molar-refractivity contribution in [1.82, 2.24) is 4.90 Å². The van der Waals surface area contributed by atoms with Gasteiger partial charge in [0.15, 0.2) is 5.78 Å². The lowest BCUT2D eigenvalue weighted by atomic mass is 9.93. The first-order valence-corrected chi connectivity index (χ1v) is 6.90. The fraction of sp³-hybridized carbons (Fsp3) is 0.176. The van der Waals surface area contributed by atoms with Gasteiger partial charge in [0, 0.05) is 18.7 Å². The number of carboxylic acids is 1. The summed E-state index contributed by atoms with van der Waals surface area (Å²) < 4.78 is 12.9. The normalized spacial score (nSPS) is 14.7. The summed E-state index contributed by atoms with van der Waals surface area (Å²) >= 11 is 0. The molecular formula is C17H14FNO3. The molecule has 4 nitrogen and oxygen atoms in total. The quantitative estimate of drug-likeness (QED) is 0.946. The van der Waals surface area contributed by atoms with Crippen molar-refractivity contribution >= 4 is 11.8 Å². The molecule has 112 valence electrons. The molecule has 2 aromatic carbocycles. The molecule has 0 unspecified atom stereocenters. The Kier molecular flexibility index (Phi) is 3.73. The number of fused-ring (bicyclic) bond motifs is 1. The number of halogens is 1. The van der Waals surface area contributed by atoms with Crippen molar-refractivity contribution in [3.8, 4) is 0 Å². The molecule has 5 heteroatoms. The Morgan fingerprint density at radius 2 is 1.86 bits per heavy atom. The topological polar surface area (TPSA) is 57.6 Å². The van der Waals surface area contributed by atoms with E-state index in [1.807, 2.05) is 4.90 Å². The first-order valence-electron chi connectivity index (χ1n) is 6.90. The number of aromatic carboxylic acids is 1. The van der Waals surface area contributed by atoms with Gasteiger partial charge in [0.2, 0.25) is 0 Å². The summed E-state index contributed by atoms with van der Waals surface area (Å²) in [7, 11) is 0. The van der Waals surface area contributed by atoms with Crippen molar-refractivity contribution in [2.24, 2.45) is 0 Å². The number of Topliss-reactive ketones (excluding diaryl/α,β-unsaturated/α-hetero) is 1. The van der Waals surface area contributed by atoms with Crippen LogP contribution in [0.1, 0.15) is 31.8 Å². The van der Waals surface area contributed by atoms with Crippen LogP contribution in [-0.4, -0.2) is 28.3 Å². The number of benzene rings is 2. The molecule has 0 bridgehead atoms. The van der Waals surface area contributed by atoms with Crippen molar-refractivity contribution in [1.29, 1.82) is 0 Å². The van der Waals surface area contributed by atoms with Gasteiger partial charge in [-0.3, -0.25) is 9.69 Å². The highest BCUT2D eigenvalue weighted by atomic mass is 19.1. The van der Waals surface area contributed by atoms with Gasteiger partial charge in [0.1, 0.15) is 5.82 Å². The van der Waals surface area contributed by atoms with Gasteiger partial charge >= 0.3 is 5.97 Å². The summed E-state index contributed by atoms with van der Waals surface area (Å²) in [4.78, 5) is 25.4. The Morgan fingerprint density at radius 1 is 1.14 bits per heavy atom. The molecule has 1 aliphatic heterocycles. The van der Waals surface area contributed by atoms with Crippen LogP contribution in [-0.2, 0) is 13.1 Å². The molecular weight excluding hydrogens is 285 g/mol. The summed E-state index contributed by atoms with van der Waals surface area (Å²) in [5.74, 6) is -1.58. The third kappa shape index (κ3) is 2.76. The van der Waals surface area contributed by atoms with Crippen LogP contribution in [0.25, 0.3) is 0 Å². The van der Waals surface area contributed by atoms with E-state index in [9.17, 15) is 19.1 Å². The Hall–Kier alpha value is -2.53. The van der Waals surface area contributed by atoms with Crippen molar-refractivity contribution in [2.75, 3.05) is 6.54 Å². The van der Waals surface area contributed by atoms with E-state index in [2.05, 4.69) is 0 Å². The first kappa shape index (κ1) is 14.4. The highest BCUT2D eigenvalue weighted by molar-refractivity contribution is 6.08. The second kappa shape index (κ2) is 5.69. The van der Waals surface area contributed by atoms with Gasteiger partial charge in [-0.1, -0.05) is 24.3 Å². The Morgan fingerprint density at radius 3 is 2.55 bits per heavy atom. The van der Waals surface area contributed by atoms with Gasteiger partial charge < -0.3 is 5.11 Å². The van der Waals surface area contributed by atoms with Crippen molar-refractivity contribution in [3.05, 3.63) is 70.5 Å². The Bertz CT molecular complexity index is 740. The summed E-state index contributed by atoms with van der Waals surface area (Å²) in [6, 6.07) is 11.0. The lowest BCUT2D eigenvalue weighted by Gasteiger charge is -2.28. The first-order chi connectivity index (χ1) is 10.5. The van der Waals surface area contributed by atoms with Crippen molar-refractivity contribution < 1.29 is 19.1 Å². The predicted octanol–water partition coefficient (Wildman–Crippen LogP) is 2.72. The molecule has 0 spiro atoms. The van der Waals surface area contributed by atoms with Crippen LogP contribution < -0.4 is 0 Å². The average molecular weight is 299 g/mol. The Labute approximate surface area is 126 Å². The van der Waals surface area contributed by atoms with Gasteiger partial charge in [-0.05, 0) is 29.3 Å². The fourth-order valence-electron chi connectivity index (χ4n) is 2.78.